The first-order chi connectivity index (χ1) is 12.1. The molecule has 1 aromatic heterocycles. The second-order valence-electron chi connectivity index (χ2n) is 7.14. The molecule has 2 aliphatic rings. The average Bonchev–Trinajstić information content (AvgIpc) is 3.30. The molecule has 2 heterocycles. The van der Waals surface area contributed by atoms with E-state index >= 15 is 0 Å². The molecular formula is C19H22FN3O2. The molecular weight excluding hydrogens is 321 g/mol. The van der Waals surface area contributed by atoms with Crippen LogP contribution in [0.5, 0.6) is 0 Å². The van der Waals surface area contributed by atoms with Gasteiger partial charge in [0.2, 0.25) is 17.7 Å². The summed E-state index contributed by atoms with van der Waals surface area (Å²) in [6.07, 6.45) is 3.95. The van der Waals surface area contributed by atoms with Crippen molar-refractivity contribution in [3.63, 3.8) is 0 Å². The smallest absolute Gasteiger partial charge is 0.227 e. The molecule has 1 saturated carbocycles. The minimum Gasteiger partial charge on any atom is -0.425 e. The van der Waals surface area contributed by atoms with Gasteiger partial charge in [-0.1, -0.05) is 31.5 Å². The van der Waals surface area contributed by atoms with Crippen molar-refractivity contribution < 1.29 is 13.6 Å². The van der Waals surface area contributed by atoms with Crippen molar-refractivity contribution in [2.24, 2.45) is 5.92 Å². The second-order valence-corrected chi connectivity index (χ2v) is 7.14. The zero-order valence-corrected chi connectivity index (χ0v) is 14.4. The molecule has 132 valence electrons. The number of carbonyl (C=O) groups is 1. The van der Waals surface area contributed by atoms with E-state index in [1.54, 1.807) is 18.2 Å². The molecule has 6 heteroatoms. The van der Waals surface area contributed by atoms with Crippen LogP contribution < -0.4 is 0 Å². The lowest BCUT2D eigenvalue weighted by Crippen LogP contribution is -2.35. The van der Waals surface area contributed by atoms with Crippen LogP contribution in [-0.2, 0) is 23.1 Å². The van der Waals surface area contributed by atoms with Crippen molar-refractivity contribution >= 4 is 5.91 Å². The van der Waals surface area contributed by atoms with Gasteiger partial charge in [0.25, 0.3) is 0 Å². The molecule has 2 fully saturated rings. The number of hydrogen-bond acceptors (Lipinski definition) is 4. The van der Waals surface area contributed by atoms with Crippen LogP contribution in [0.4, 0.5) is 4.39 Å². The van der Waals surface area contributed by atoms with Gasteiger partial charge in [-0.3, -0.25) is 4.79 Å². The van der Waals surface area contributed by atoms with Crippen LogP contribution in [-0.4, -0.2) is 34.1 Å². The number of amides is 1. The van der Waals surface area contributed by atoms with E-state index in [-0.39, 0.29) is 23.6 Å². The van der Waals surface area contributed by atoms with Crippen molar-refractivity contribution in [2.45, 2.75) is 44.4 Å². The fourth-order valence-electron chi connectivity index (χ4n) is 4.34. The maximum Gasteiger partial charge on any atom is 0.227 e. The Bertz CT molecular complexity index is 790. The van der Waals surface area contributed by atoms with Gasteiger partial charge in [0.05, 0.1) is 11.8 Å². The van der Waals surface area contributed by atoms with Crippen molar-refractivity contribution in [1.29, 1.82) is 0 Å². The molecule has 0 spiro atoms. The van der Waals surface area contributed by atoms with Gasteiger partial charge >= 0.3 is 0 Å². The highest BCUT2D eigenvalue weighted by Gasteiger charge is 2.54. The minimum atomic E-state index is -0.325. The number of aryl methyl sites for hydroxylation is 1. The average molecular weight is 343 g/mol. The van der Waals surface area contributed by atoms with Crippen LogP contribution in [0.1, 0.15) is 43.5 Å². The Morgan fingerprint density at radius 3 is 3.00 bits per heavy atom. The predicted octanol–water partition coefficient (Wildman–Crippen LogP) is 2.89. The molecule has 5 nitrogen and oxygen atoms in total. The van der Waals surface area contributed by atoms with E-state index in [0.29, 0.717) is 42.8 Å². The lowest BCUT2D eigenvalue weighted by Gasteiger charge is -2.24. The highest BCUT2D eigenvalue weighted by molar-refractivity contribution is 5.79. The van der Waals surface area contributed by atoms with Gasteiger partial charge in [-0.2, -0.15) is 0 Å². The van der Waals surface area contributed by atoms with Gasteiger partial charge < -0.3 is 9.32 Å². The van der Waals surface area contributed by atoms with E-state index in [9.17, 15) is 9.18 Å². The summed E-state index contributed by atoms with van der Waals surface area (Å²) in [5, 5.41) is 8.39. The molecule has 1 saturated heterocycles. The Labute approximate surface area is 146 Å². The zero-order chi connectivity index (χ0) is 17.4. The summed E-state index contributed by atoms with van der Waals surface area (Å²) in [5.74, 6) is 1.31. The number of nitrogens with zero attached hydrogens (tertiary/aromatic N) is 3. The third kappa shape index (κ3) is 2.73. The number of fused-ring (bicyclic) bond motifs is 1. The van der Waals surface area contributed by atoms with E-state index < -0.39 is 0 Å². The Morgan fingerprint density at radius 2 is 2.24 bits per heavy atom. The molecule has 0 N–H and O–H groups in total. The summed E-state index contributed by atoms with van der Waals surface area (Å²) in [5.41, 5.74) is 0.232. The highest BCUT2D eigenvalue weighted by Crippen LogP contribution is 2.50. The third-order valence-corrected chi connectivity index (χ3v) is 5.72. The summed E-state index contributed by atoms with van der Waals surface area (Å²) in [6.45, 7) is 3.27. The molecule has 0 unspecified atom stereocenters. The Hall–Kier alpha value is -2.24. The van der Waals surface area contributed by atoms with Crippen LogP contribution in [0.3, 0.4) is 0 Å². The van der Waals surface area contributed by atoms with Crippen LogP contribution >= 0.6 is 0 Å². The van der Waals surface area contributed by atoms with Crippen LogP contribution in [0, 0.1) is 11.7 Å². The van der Waals surface area contributed by atoms with Gasteiger partial charge in [-0.05, 0) is 30.4 Å². The standard InChI is InChI=1S/C19H22FN3O2/c1-2-16-21-22-18(25-16)19-9-5-7-14(19)11-23(12-19)17(24)10-13-6-3-4-8-15(13)20/h3-4,6,8,14H,2,5,7,9-12H2,1H3/t14-,19-/m0/s1. The fraction of sp³-hybridized carbons (Fsp3) is 0.526. The topological polar surface area (TPSA) is 59.2 Å². The first kappa shape index (κ1) is 16.2. The number of carbonyl (C=O) groups excluding carboxylic acids is 1. The third-order valence-electron chi connectivity index (χ3n) is 5.72. The number of hydrogen-bond donors (Lipinski definition) is 0. The van der Waals surface area contributed by atoms with E-state index in [1.165, 1.54) is 6.07 Å². The lowest BCUT2D eigenvalue weighted by atomic mass is 9.80. The minimum absolute atomic E-state index is 0.0332. The van der Waals surface area contributed by atoms with Crippen molar-refractivity contribution in [3.8, 4) is 0 Å². The molecule has 4 rings (SSSR count). The summed E-state index contributed by atoms with van der Waals surface area (Å²) < 4.78 is 19.7. The molecule has 1 aromatic carbocycles. The zero-order valence-electron chi connectivity index (χ0n) is 14.4. The molecule has 25 heavy (non-hydrogen) atoms. The Balaban J connectivity index is 1.54. The van der Waals surface area contributed by atoms with Crippen molar-refractivity contribution in [3.05, 3.63) is 47.4 Å². The maximum atomic E-state index is 13.8. The predicted molar refractivity (Wildman–Crippen MR) is 89.4 cm³/mol. The van der Waals surface area contributed by atoms with E-state index in [4.69, 9.17) is 4.42 Å². The van der Waals surface area contributed by atoms with Crippen LogP contribution in [0.15, 0.2) is 28.7 Å². The van der Waals surface area contributed by atoms with Crippen molar-refractivity contribution in [2.75, 3.05) is 13.1 Å². The monoisotopic (exact) mass is 343 g/mol. The second kappa shape index (κ2) is 6.24. The summed E-state index contributed by atoms with van der Waals surface area (Å²) in [7, 11) is 0. The summed E-state index contributed by atoms with van der Waals surface area (Å²) in [6, 6.07) is 6.47. The highest BCUT2D eigenvalue weighted by atomic mass is 19.1. The number of rotatable bonds is 4. The number of benzene rings is 1. The summed E-state index contributed by atoms with van der Waals surface area (Å²) in [4.78, 5) is 14.6. The molecule has 2 atom stereocenters. The Morgan fingerprint density at radius 1 is 1.40 bits per heavy atom. The van der Waals surface area contributed by atoms with Crippen LogP contribution in [0.25, 0.3) is 0 Å². The van der Waals surface area contributed by atoms with E-state index in [0.717, 1.165) is 19.3 Å². The molecule has 1 aliphatic heterocycles. The van der Waals surface area contributed by atoms with E-state index in [1.807, 2.05) is 11.8 Å². The fourth-order valence-corrected chi connectivity index (χ4v) is 4.34. The van der Waals surface area contributed by atoms with Gasteiger partial charge in [-0.15, -0.1) is 10.2 Å². The maximum absolute atomic E-state index is 13.8. The van der Waals surface area contributed by atoms with Gasteiger partial charge in [0.15, 0.2) is 0 Å². The summed E-state index contributed by atoms with van der Waals surface area (Å²) >= 11 is 0. The quantitative estimate of drug-likeness (QED) is 0.856. The van der Waals surface area contributed by atoms with Gasteiger partial charge in [-0.25, -0.2) is 4.39 Å². The molecule has 2 aromatic rings. The number of halogens is 1. The lowest BCUT2D eigenvalue weighted by molar-refractivity contribution is -0.129. The molecule has 1 aliphatic carbocycles. The number of likely N-dealkylation sites (tertiary alicyclic amines) is 1. The Kier molecular flexibility index (Phi) is 4.06. The van der Waals surface area contributed by atoms with E-state index in [2.05, 4.69) is 10.2 Å². The van der Waals surface area contributed by atoms with Crippen molar-refractivity contribution in [1.82, 2.24) is 15.1 Å². The molecule has 1 amide bonds. The van der Waals surface area contributed by atoms with Crippen LogP contribution in [0.2, 0.25) is 0 Å². The molecule has 0 radical (unpaired) electrons. The first-order valence-electron chi connectivity index (χ1n) is 8.96. The largest absolute Gasteiger partial charge is 0.425 e. The molecule has 0 bridgehead atoms. The normalized spacial score (nSPS) is 25.4. The van der Waals surface area contributed by atoms with Gasteiger partial charge in [0, 0.05) is 19.5 Å². The number of aromatic nitrogens is 2. The first-order valence-corrected chi connectivity index (χ1v) is 8.96. The van der Waals surface area contributed by atoms with Gasteiger partial charge in [0.1, 0.15) is 5.82 Å². The SMILES string of the molecule is CCc1nnc([C@]23CCC[C@H]2CN(C(=O)Cc2ccccc2F)C3)o1.